The molecule has 0 radical (unpaired) electrons. The third-order valence-electron chi connectivity index (χ3n) is 5.43. The molecule has 9 heteroatoms. The average Bonchev–Trinajstić information content (AvgIpc) is 2.72. The van der Waals surface area contributed by atoms with Gasteiger partial charge < -0.3 is 19.5 Å². The first-order chi connectivity index (χ1) is 15.2. The third-order valence-corrected chi connectivity index (χ3v) is 5.43. The van der Waals surface area contributed by atoms with Crippen molar-refractivity contribution in [3.63, 3.8) is 0 Å². The number of dihydropyridines is 1. The zero-order valence-corrected chi connectivity index (χ0v) is 18.2. The molecule has 0 saturated heterocycles. The van der Waals surface area contributed by atoms with Gasteiger partial charge in [0.05, 0.1) is 25.9 Å². The number of Topliss-reactive ketones (excluding diaryl/α,β-unsaturated/α-hetero) is 1. The van der Waals surface area contributed by atoms with Crippen LogP contribution in [-0.2, 0) is 25.7 Å². The second kappa shape index (κ2) is 9.77. The number of allylic oxidation sites excluding steroid dienone is 3. The molecule has 1 aromatic rings. The molecule has 0 bridgehead atoms. The van der Waals surface area contributed by atoms with Gasteiger partial charge in [-0.3, -0.25) is 4.79 Å². The SMILES string of the molecule is CCOC(=O)C1=C(C)NC2=C(C(=O)CCC2)C1c1ccc(OC)c(COCC(F)(F)F)c1. The van der Waals surface area contributed by atoms with Gasteiger partial charge in [-0.25, -0.2) is 4.79 Å². The zero-order valence-electron chi connectivity index (χ0n) is 18.2. The highest BCUT2D eigenvalue weighted by atomic mass is 19.4. The number of nitrogens with one attached hydrogen (secondary N) is 1. The van der Waals surface area contributed by atoms with Crippen molar-refractivity contribution in [1.82, 2.24) is 5.32 Å². The number of esters is 1. The van der Waals surface area contributed by atoms with Gasteiger partial charge in [-0.2, -0.15) is 13.2 Å². The number of benzene rings is 1. The van der Waals surface area contributed by atoms with Crippen LogP contribution in [0.15, 0.2) is 40.7 Å². The normalized spacial score (nSPS) is 18.9. The molecule has 0 saturated carbocycles. The molecule has 174 valence electrons. The molecule has 0 fully saturated rings. The first-order valence-electron chi connectivity index (χ1n) is 10.4. The number of methoxy groups -OCH3 is 1. The van der Waals surface area contributed by atoms with E-state index in [4.69, 9.17) is 14.2 Å². The monoisotopic (exact) mass is 453 g/mol. The van der Waals surface area contributed by atoms with Gasteiger partial charge in [0, 0.05) is 34.9 Å². The number of carbonyl (C=O) groups excluding carboxylic acids is 2. The minimum atomic E-state index is -4.45. The Morgan fingerprint density at radius 3 is 2.66 bits per heavy atom. The van der Waals surface area contributed by atoms with Crippen molar-refractivity contribution < 1.29 is 37.0 Å². The lowest BCUT2D eigenvalue weighted by molar-refractivity contribution is -0.176. The molecule has 0 spiro atoms. The summed E-state index contributed by atoms with van der Waals surface area (Å²) in [4.78, 5) is 25.7. The van der Waals surface area contributed by atoms with Gasteiger partial charge >= 0.3 is 12.1 Å². The molecule has 3 rings (SSSR count). The molecule has 0 amide bonds. The van der Waals surface area contributed by atoms with E-state index in [0.29, 0.717) is 53.0 Å². The van der Waals surface area contributed by atoms with E-state index < -0.39 is 24.7 Å². The van der Waals surface area contributed by atoms with Crippen LogP contribution in [0.4, 0.5) is 13.2 Å². The Morgan fingerprint density at radius 2 is 2.00 bits per heavy atom. The fraction of sp³-hybridized carbons (Fsp3) is 0.478. The summed E-state index contributed by atoms with van der Waals surface area (Å²) in [5, 5.41) is 3.19. The second-order valence-corrected chi connectivity index (χ2v) is 7.67. The molecule has 1 atom stereocenters. The van der Waals surface area contributed by atoms with Crippen LogP contribution in [0, 0.1) is 0 Å². The van der Waals surface area contributed by atoms with Crippen LogP contribution in [-0.4, -0.2) is 38.3 Å². The summed E-state index contributed by atoms with van der Waals surface area (Å²) < 4.78 is 53.0. The van der Waals surface area contributed by atoms with E-state index in [-0.39, 0.29) is 19.0 Å². The lowest BCUT2D eigenvalue weighted by Gasteiger charge is -2.34. The molecule has 6 nitrogen and oxygen atoms in total. The maximum Gasteiger partial charge on any atom is 0.411 e. The number of carbonyl (C=O) groups is 2. The maximum atomic E-state index is 12.9. The van der Waals surface area contributed by atoms with Gasteiger partial charge in [0.1, 0.15) is 12.4 Å². The van der Waals surface area contributed by atoms with Gasteiger partial charge in [0.2, 0.25) is 0 Å². The molecule has 1 N–H and O–H groups in total. The lowest BCUT2D eigenvalue weighted by atomic mass is 9.75. The Balaban J connectivity index is 2.06. The molecule has 1 aromatic carbocycles. The number of ether oxygens (including phenoxy) is 3. The smallest absolute Gasteiger partial charge is 0.411 e. The minimum Gasteiger partial charge on any atom is -0.496 e. The molecule has 2 aliphatic rings. The summed E-state index contributed by atoms with van der Waals surface area (Å²) in [6.45, 7) is 1.88. The fourth-order valence-electron chi connectivity index (χ4n) is 4.16. The minimum absolute atomic E-state index is 0.0660. The topological polar surface area (TPSA) is 73.9 Å². The molecular formula is C23H26F3NO5. The zero-order chi connectivity index (χ0) is 23.5. The largest absolute Gasteiger partial charge is 0.496 e. The summed E-state index contributed by atoms with van der Waals surface area (Å²) >= 11 is 0. The maximum absolute atomic E-state index is 12.9. The van der Waals surface area contributed by atoms with Crippen LogP contribution in [0.3, 0.4) is 0 Å². The van der Waals surface area contributed by atoms with Gasteiger partial charge in [-0.15, -0.1) is 0 Å². The third kappa shape index (κ3) is 5.15. The number of alkyl halides is 3. The Hall–Kier alpha value is -2.81. The number of rotatable bonds is 7. The van der Waals surface area contributed by atoms with E-state index in [1.807, 2.05) is 0 Å². The molecule has 1 unspecified atom stereocenters. The van der Waals surface area contributed by atoms with Crippen LogP contribution in [0.5, 0.6) is 5.75 Å². The summed E-state index contributed by atoms with van der Waals surface area (Å²) in [5.74, 6) is -0.945. The van der Waals surface area contributed by atoms with Gasteiger partial charge in [0.25, 0.3) is 0 Å². The molecule has 0 aromatic heterocycles. The molecule has 1 heterocycles. The van der Waals surface area contributed by atoms with E-state index in [1.165, 1.54) is 7.11 Å². The molecule has 32 heavy (non-hydrogen) atoms. The highest BCUT2D eigenvalue weighted by Crippen LogP contribution is 2.43. The van der Waals surface area contributed by atoms with Crippen LogP contribution in [0.1, 0.15) is 50.2 Å². The summed E-state index contributed by atoms with van der Waals surface area (Å²) in [7, 11) is 1.41. The Bertz CT molecular complexity index is 965. The first kappa shape index (κ1) is 23.8. The molecule has 1 aliphatic carbocycles. The van der Waals surface area contributed by atoms with E-state index in [2.05, 4.69) is 5.32 Å². The van der Waals surface area contributed by atoms with Crippen molar-refractivity contribution in [2.45, 2.75) is 51.8 Å². The highest BCUT2D eigenvalue weighted by Gasteiger charge is 2.39. The Morgan fingerprint density at radius 1 is 1.25 bits per heavy atom. The van der Waals surface area contributed by atoms with Gasteiger partial charge in [-0.05, 0) is 44.4 Å². The summed E-state index contributed by atoms with van der Waals surface area (Å²) in [6.07, 6.45) is -2.71. The number of ketones is 1. The molecule has 1 aliphatic heterocycles. The van der Waals surface area contributed by atoms with Crippen molar-refractivity contribution in [3.8, 4) is 5.75 Å². The van der Waals surface area contributed by atoms with Gasteiger partial charge in [-0.1, -0.05) is 6.07 Å². The Labute approximate surface area is 184 Å². The first-order valence-corrected chi connectivity index (χ1v) is 10.4. The van der Waals surface area contributed by atoms with Crippen molar-refractivity contribution in [3.05, 3.63) is 51.9 Å². The average molecular weight is 453 g/mol. The lowest BCUT2D eigenvalue weighted by Crippen LogP contribution is -2.34. The van der Waals surface area contributed by atoms with Crippen molar-refractivity contribution >= 4 is 11.8 Å². The van der Waals surface area contributed by atoms with Crippen molar-refractivity contribution in [2.75, 3.05) is 20.3 Å². The van der Waals surface area contributed by atoms with Crippen molar-refractivity contribution in [1.29, 1.82) is 0 Å². The van der Waals surface area contributed by atoms with E-state index in [1.54, 1.807) is 32.0 Å². The Kier molecular flexibility index (Phi) is 7.28. The number of hydrogen-bond donors (Lipinski definition) is 1. The van der Waals surface area contributed by atoms with E-state index in [9.17, 15) is 22.8 Å². The predicted molar refractivity (Wildman–Crippen MR) is 110 cm³/mol. The summed E-state index contributed by atoms with van der Waals surface area (Å²) in [5.41, 5.74) is 3.14. The highest BCUT2D eigenvalue weighted by molar-refractivity contribution is 6.03. The molecular weight excluding hydrogens is 427 g/mol. The second-order valence-electron chi connectivity index (χ2n) is 7.67. The number of hydrogen-bond acceptors (Lipinski definition) is 6. The predicted octanol–water partition coefficient (Wildman–Crippen LogP) is 4.31. The van der Waals surface area contributed by atoms with Gasteiger partial charge in [0.15, 0.2) is 5.78 Å². The quantitative estimate of drug-likeness (QED) is 0.621. The van der Waals surface area contributed by atoms with Crippen molar-refractivity contribution in [2.24, 2.45) is 0 Å². The number of halogens is 3. The fourth-order valence-corrected chi connectivity index (χ4v) is 4.16. The summed E-state index contributed by atoms with van der Waals surface area (Å²) in [6, 6.07) is 4.95. The van der Waals surface area contributed by atoms with Crippen LogP contribution < -0.4 is 10.1 Å². The van der Waals surface area contributed by atoms with Crippen LogP contribution >= 0.6 is 0 Å². The van der Waals surface area contributed by atoms with E-state index in [0.717, 1.165) is 5.70 Å². The van der Waals surface area contributed by atoms with E-state index >= 15 is 0 Å². The van der Waals surface area contributed by atoms with Crippen LogP contribution in [0.25, 0.3) is 0 Å². The van der Waals surface area contributed by atoms with Crippen LogP contribution in [0.2, 0.25) is 0 Å². The standard InChI is InChI=1S/C23H26F3NO5/c1-4-32-22(29)19-13(2)27-16-6-5-7-17(28)21(16)20(19)14-8-9-18(30-3)15(10-14)11-31-12-23(24,25)26/h8-10,20,27H,4-7,11-12H2,1-3H3.